The molecule has 0 radical (unpaired) electrons. The smallest absolute Gasteiger partial charge is 0.289 e. The van der Waals surface area contributed by atoms with Crippen LogP contribution in [0, 0.1) is 10.1 Å². The fourth-order valence-corrected chi connectivity index (χ4v) is 6.07. The van der Waals surface area contributed by atoms with E-state index in [9.17, 15) is 23.6 Å². The number of thioether (sulfide) groups is 1. The second-order valence-corrected chi connectivity index (χ2v) is 10.5. The average Bonchev–Trinajstić information content (AvgIpc) is 3.09. The van der Waals surface area contributed by atoms with Crippen molar-refractivity contribution in [1.82, 2.24) is 9.88 Å². The van der Waals surface area contributed by atoms with Crippen molar-refractivity contribution in [2.45, 2.75) is 17.2 Å². The third kappa shape index (κ3) is 4.69. The molecule has 1 unspecified atom stereocenters. The highest BCUT2D eigenvalue weighted by Gasteiger charge is 2.44. The Hall–Kier alpha value is -3.06. The summed E-state index contributed by atoms with van der Waals surface area (Å²) in [6.07, 6.45) is 3.36. The van der Waals surface area contributed by atoms with Crippen molar-refractivity contribution in [3.05, 3.63) is 94.3 Å². The van der Waals surface area contributed by atoms with Crippen molar-refractivity contribution in [2.24, 2.45) is 0 Å². The number of anilines is 1. The lowest BCUT2D eigenvalue weighted by Crippen LogP contribution is -2.44. The predicted molar refractivity (Wildman–Crippen MR) is 129 cm³/mol. The molecule has 0 aliphatic carbocycles. The molecule has 1 saturated heterocycles. The van der Waals surface area contributed by atoms with Gasteiger partial charge in [0.15, 0.2) is 10.6 Å². The Morgan fingerprint density at radius 2 is 1.91 bits per heavy atom. The van der Waals surface area contributed by atoms with Crippen molar-refractivity contribution in [2.75, 3.05) is 10.5 Å². The van der Waals surface area contributed by atoms with Crippen molar-refractivity contribution in [3.63, 3.8) is 0 Å². The van der Waals surface area contributed by atoms with Gasteiger partial charge in [-0.1, -0.05) is 54.3 Å². The summed E-state index contributed by atoms with van der Waals surface area (Å²) in [5.41, 5.74) is -0.277. The van der Waals surface area contributed by atoms with Gasteiger partial charge in [-0.15, -0.1) is 0 Å². The highest BCUT2D eigenvalue weighted by molar-refractivity contribution is 8.23. The van der Waals surface area contributed by atoms with Crippen LogP contribution in [0.3, 0.4) is 0 Å². The first-order valence-electron chi connectivity index (χ1n) is 9.63. The zero-order chi connectivity index (χ0) is 23.6. The number of nitro benzene ring substituents is 1. The number of thiocarbonyl (C=S) groups is 1. The second-order valence-electron chi connectivity index (χ2n) is 7.23. The Bertz CT molecular complexity index is 1300. The molecule has 2 aromatic carbocycles. The highest BCUT2D eigenvalue weighted by Crippen LogP contribution is 2.40. The fourth-order valence-electron chi connectivity index (χ4n) is 3.43. The summed E-state index contributed by atoms with van der Waals surface area (Å²) in [6.45, 7) is 0.363. The normalized spacial score (nSPS) is 18.3. The van der Waals surface area contributed by atoms with Crippen molar-refractivity contribution < 1.29 is 18.4 Å². The summed E-state index contributed by atoms with van der Waals surface area (Å²) in [6, 6.07) is 15.0. The first-order valence-corrected chi connectivity index (χ1v) is 12.5. The van der Waals surface area contributed by atoms with Crippen molar-refractivity contribution >= 4 is 49.7 Å². The molecular formula is C21H18N4O5S3. The Labute approximate surface area is 199 Å². The van der Waals surface area contributed by atoms with Crippen LogP contribution in [0.25, 0.3) is 0 Å². The highest BCUT2D eigenvalue weighted by atomic mass is 32.2. The van der Waals surface area contributed by atoms with Crippen LogP contribution in [0.1, 0.15) is 11.1 Å². The molecule has 1 aliphatic rings. The summed E-state index contributed by atoms with van der Waals surface area (Å²) in [4.78, 5) is 15.8. The first kappa shape index (κ1) is 23.1. The lowest BCUT2D eigenvalue weighted by Gasteiger charge is -2.34. The lowest BCUT2D eigenvalue weighted by molar-refractivity contribution is -0.387. The van der Waals surface area contributed by atoms with Gasteiger partial charge < -0.3 is 10.0 Å². The van der Waals surface area contributed by atoms with Crippen LogP contribution in [-0.4, -0.2) is 38.4 Å². The number of hydrogen-bond donors (Lipinski definition) is 2. The number of nitro groups is 1. The Morgan fingerprint density at radius 3 is 2.58 bits per heavy atom. The molecule has 3 aromatic rings. The van der Waals surface area contributed by atoms with Gasteiger partial charge in [-0.2, -0.15) is 0 Å². The molecule has 2 N–H and O–H groups in total. The summed E-state index contributed by atoms with van der Waals surface area (Å²) in [5.74, 6) is 0.313. The monoisotopic (exact) mass is 502 g/mol. The Balaban J connectivity index is 1.58. The summed E-state index contributed by atoms with van der Waals surface area (Å²) >= 11 is 6.79. The van der Waals surface area contributed by atoms with E-state index in [4.69, 9.17) is 12.2 Å². The molecule has 1 aromatic heterocycles. The van der Waals surface area contributed by atoms with E-state index in [1.165, 1.54) is 42.1 Å². The van der Waals surface area contributed by atoms with Gasteiger partial charge in [0, 0.05) is 36.3 Å². The maximum atomic E-state index is 12.7. The number of para-hydroxylation sites is 1. The van der Waals surface area contributed by atoms with E-state index in [0.717, 1.165) is 11.6 Å². The molecule has 0 saturated carbocycles. The maximum absolute atomic E-state index is 12.7. The number of aromatic nitrogens is 1. The molecule has 1 atom stereocenters. The molecule has 170 valence electrons. The molecule has 1 aliphatic heterocycles. The average molecular weight is 503 g/mol. The van der Waals surface area contributed by atoms with Crippen LogP contribution < -0.4 is 4.72 Å². The van der Waals surface area contributed by atoms with Crippen LogP contribution in [0.15, 0.2) is 78.0 Å². The molecule has 9 nitrogen and oxygen atoms in total. The first-order chi connectivity index (χ1) is 15.7. The van der Waals surface area contributed by atoms with Gasteiger partial charge in [-0.25, -0.2) is 8.42 Å². The van der Waals surface area contributed by atoms with E-state index in [0.29, 0.717) is 22.2 Å². The van der Waals surface area contributed by atoms with Crippen molar-refractivity contribution in [1.29, 1.82) is 0 Å². The second kappa shape index (κ2) is 9.06. The van der Waals surface area contributed by atoms with E-state index in [1.807, 2.05) is 6.07 Å². The van der Waals surface area contributed by atoms with Gasteiger partial charge in [0.1, 0.15) is 4.32 Å². The molecule has 0 spiro atoms. The van der Waals surface area contributed by atoms with Gasteiger partial charge in [0.05, 0.1) is 10.7 Å². The number of sulfonamides is 1. The fraction of sp³-hybridized carbons (Fsp3) is 0.143. The largest absolute Gasteiger partial charge is 0.366 e. The third-order valence-electron chi connectivity index (χ3n) is 5.08. The number of benzene rings is 2. The zero-order valence-electron chi connectivity index (χ0n) is 17.0. The van der Waals surface area contributed by atoms with Crippen LogP contribution >= 0.6 is 24.0 Å². The topological polar surface area (TPSA) is 126 Å². The van der Waals surface area contributed by atoms with Gasteiger partial charge in [-0.3, -0.25) is 19.8 Å². The maximum Gasteiger partial charge on any atom is 0.289 e. The van der Waals surface area contributed by atoms with Crippen molar-refractivity contribution in [3.8, 4) is 0 Å². The van der Waals surface area contributed by atoms with Crippen LogP contribution in [0.4, 0.5) is 11.4 Å². The number of hydrogen-bond acceptors (Lipinski definition) is 8. The van der Waals surface area contributed by atoms with Gasteiger partial charge in [-0.05, 0) is 29.8 Å². The number of rotatable bonds is 7. The minimum atomic E-state index is -4.19. The molecule has 12 heteroatoms. The Morgan fingerprint density at radius 1 is 1.18 bits per heavy atom. The summed E-state index contributed by atoms with van der Waals surface area (Å²) in [7, 11) is -4.19. The SMILES string of the molecule is O=[N+]([O-])c1ccccc1S(=O)(=O)Nc1ccc(C2(O)CSC(=S)N2Cc2cccnc2)cc1. The number of nitrogens with one attached hydrogen (secondary N) is 1. The molecular weight excluding hydrogens is 484 g/mol. The van der Waals surface area contributed by atoms with E-state index >= 15 is 0 Å². The molecule has 0 amide bonds. The molecule has 33 heavy (non-hydrogen) atoms. The number of pyridine rings is 1. The van der Waals surface area contributed by atoms with Crippen LogP contribution in [-0.2, 0) is 22.3 Å². The predicted octanol–water partition coefficient (Wildman–Crippen LogP) is 3.47. The Kier molecular flexibility index (Phi) is 6.34. The molecule has 2 heterocycles. The third-order valence-corrected chi connectivity index (χ3v) is 8.10. The van der Waals surface area contributed by atoms with Crippen LogP contribution in [0.2, 0.25) is 0 Å². The van der Waals surface area contributed by atoms with Gasteiger partial charge >= 0.3 is 0 Å². The standard InChI is InChI=1S/C21H18N4O5S3/c26-21(14-32-20(31)24(21)13-15-4-3-11-22-12-15)16-7-9-17(10-8-16)23-33(29,30)19-6-2-1-5-18(19)25(27)28/h1-12,23,26H,13-14H2. The number of aliphatic hydroxyl groups is 1. The molecule has 1 fully saturated rings. The van der Waals surface area contributed by atoms with Gasteiger partial charge in [0.25, 0.3) is 15.7 Å². The summed E-state index contributed by atoms with van der Waals surface area (Å²) in [5, 5.41) is 22.6. The van der Waals surface area contributed by atoms with E-state index < -0.39 is 31.3 Å². The summed E-state index contributed by atoms with van der Waals surface area (Å²) < 4.78 is 28.4. The minimum Gasteiger partial charge on any atom is -0.366 e. The minimum absolute atomic E-state index is 0.201. The lowest BCUT2D eigenvalue weighted by atomic mass is 10.0. The van der Waals surface area contributed by atoms with E-state index in [1.54, 1.807) is 35.5 Å². The molecule has 4 rings (SSSR count). The van der Waals surface area contributed by atoms with E-state index in [-0.39, 0.29) is 5.69 Å². The van der Waals surface area contributed by atoms with Crippen LogP contribution in [0.5, 0.6) is 0 Å². The van der Waals surface area contributed by atoms with Gasteiger partial charge in [0.2, 0.25) is 0 Å². The van der Waals surface area contributed by atoms with E-state index in [2.05, 4.69) is 9.71 Å². The zero-order valence-corrected chi connectivity index (χ0v) is 19.4. The number of nitrogens with zero attached hydrogens (tertiary/aromatic N) is 3. The quantitative estimate of drug-likeness (QED) is 0.284. The molecule has 0 bridgehead atoms.